The van der Waals surface area contributed by atoms with Gasteiger partial charge in [0.05, 0.1) is 11.1 Å². The van der Waals surface area contributed by atoms with Crippen molar-refractivity contribution in [3.8, 4) is 28.3 Å². The molecule has 3 heterocycles. The van der Waals surface area contributed by atoms with Crippen molar-refractivity contribution in [1.82, 2.24) is 29.4 Å². The van der Waals surface area contributed by atoms with Crippen LogP contribution in [0, 0.1) is 0 Å². The van der Waals surface area contributed by atoms with Crippen molar-refractivity contribution in [3.63, 3.8) is 0 Å². The van der Waals surface area contributed by atoms with Crippen LogP contribution < -0.4 is 0 Å². The number of rotatable bonds is 3. The Morgan fingerprint density at radius 1 is 0.677 bits per heavy atom. The summed E-state index contributed by atoms with van der Waals surface area (Å²) in [5.41, 5.74) is 5.06. The van der Waals surface area contributed by atoms with Gasteiger partial charge in [-0.15, -0.1) is 5.10 Å². The Balaban J connectivity index is 1.67. The molecule has 0 fully saturated rings. The first-order valence-electron chi connectivity index (χ1n) is 9.79. The lowest BCUT2D eigenvalue weighted by Gasteiger charge is -2.01. The van der Waals surface area contributed by atoms with Crippen molar-refractivity contribution < 1.29 is 0 Å². The summed E-state index contributed by atoms with van der Waals surface area (Å²) in [4.78, 5) is 9.54. The van der Waals surface area contributed by atoms with E-state index in [4.69, 9.17) is 26.7 Å². The first-order valence-corrected chi connectivity index (χ1v) is 10.2. The van der Waals surface area contributed by atoms with E-state index in [2.05, 4.69) is 5.10 Å². The highest BCUT2D eigenvalue weighted by Gasteiger charge is 2.20. The van der Waals surface area contributed by atoms with Gasteiger partial charge in [-0.2, -0.15) is 5.10 Å². The summed E-state index contributed by atoms with van der Waals surface area (Å²) in [6, 6.07) is 27.5. The second-order valence-electron chi connectivity index (χ2n) is 7.12. The van der Waals surface area contributed by atoms with Crippen LogP contribution >= 0.6 is 11.6 Å². The minimum absolute atomic E-state index is 0.609. The zero-order valence-corrected chi connectivity index (χ0v) is 17.0. The quantitative estimate of drug-likeness (QED) is 0.380. The summed E-state index contributed by atoms with van der Waals surface area (Å²) in [7, 11) is 0. The second kappa shape index (κ2) is 7.04. The average Bonchev–Trinajstić information content (AvgIpc) is 3.42. The molecule has 31 heavy (non-hydrogen) atoms. The van der Waals surface area contributed by atoms with E-state index in [1.807, 2.05) is 89.6 Å². The van der Waals surface area contributed by atoms with Gasteiger partial charge in [0.2, 0.25) is 0 Å². The molecular weight excluding hydrogens is 408 g/mol. The first-order chi connectivity index (χ1) is 15.3. The number of hydrogen-bond acceptors (Lipinski definition) is 4. The van der Waals surface area contributed by atoms with E-state index in [1.54, 1.807) is 10.8 Å². The van der Waals surface area contributed by atoms with Crippen molar-refractivity contribution in [2.24, 2.45) is 0 Å². The predicted octanol–water partition coefficient (Wildman–Crippen LogP) is 5.45. The Labute approximate surface area is 182 Å². The molecule has 0 saturated carbocycles. The SMILES string of the molecule is Clc1ccc(-c2nc3c4c(-c5ccccc5)nn(-c5ccccc5)c4ncn3n2)cc1. The van der Waals surface area contributed by atoms with E-state index >= 15 is 0 Å². The number of hydrogen-bond donors (Lipinski definition) is 0. The molecule has 6 rings (SSSR count). The largest absolute Gasteiger partial charge is 0.216 e. The van der Waals surface area contributed by atoms with E-state index in [9.17, 15) is 0 Å². The van der Waals surface area contributed by atoms with E-state index < -0.39 is 0 Å². The highest BCUT2D eigenvalue weighted by atomic mass is 35.5. The van der Waals surface area contributed by atoms with Crippen LogP contribution in [0.15, 0.2) is 91.3 Å². The summed E-state index contributed by atoms with van der Waals surface area (Å²) in [6.07, 6.45) is 1.68. The minimum Gasteiger partial charge on any atom is -0.216 e. The number of para-hydroxylation sites is 1. The molecule has 148 valence electrons. The van der Waals surface area contributed by atoms with Crippen molar-refractivity contribution in [2.45, 2.75) is 0 Å². The van der Waals surface area contributed by atoms with Gasteiger partial charge in [0, 0.05) is 16.1 Å². The summed E-state index contributed by atoms with van der Waals surface area (Å²) in [6.45, 7) is 0. The zero-order chi connectivity index (χ0) is 20.8. The van der Waals surface area contributed by atoms with E-state index in [1.165, 1.54) is 0 Å². The molecule has 0 radical (unpaired) electrons. The topological polar surface area (TPSA) is 60.9 Å². The van der Waals surface area contributed by atoms with Crippen molar-refractivity contribution in [3.05, 3.63) is 96.3 Å². The number of benzene rings is 3. The molecule has 0 saturated heterocycles. The van der Waals surface area contributed by atoms with Crippen molar-refractivity contribution in [2.75, 3.05) is 0 Å². The molecule has 0 spiro atoms. The molecule has 0 atom stereocenters. The summed E-state index contributed by atoms with van der Waals surface area (Å²) in [5, 5.41) is 11.1. The second-order valence-corrected chi connectivity index (χ2v) is 7.55. The van der Waals surface area contributed by atoms with Gasteiger partial charge in [0.25, 0.3) is 0 Å². The van der Waals surface area contributed by atoms with Crippen LogP contribution in [-0.4, -0.2) is 29.4 Å². The maximum absolute atomic E-state index is 6.04. The molecule has 0 bridgehead atoms. The molecule has 0 amide bonds. The normalized spacial score (nSPS) is 11.4. The molecule has 0 aliphatic heterocycles. The minimum atomic E-state index is 0.609. The Hall–Kier alpha value is -4.03. The van der Waals surface area contributed by atoms with Crippen LogP contribution in [-0.2, 0) is 0 Å². The third-order valence-electron chi connectivity index (χ3n) is 5.16. The van der Waals surface area contributed by atoms with E-state index in [-0.39, 0.29) is 0 Å². The molecule has 0 aliphatic rings. The Bertz CT molecular complexity index is 1520. The standard InChI is InChI=1S/C24H15ClN6/c25-18-13-11-17(12-14-18)22-27-24-20-21(16-7-3-1-4-8-16)28-31(19-9-5-2-6-10-19)23(20)26-15-30(24)29-22/h1-15H. The van der Waals surface area contributed by atoms with Crippen molar-refractivity contribution in [1.29, 1.82) is 0 Å². The summed E-state index contributed by atoms with van der Waals surface area (Å²) < 4.78 is 3.56. The van der Waals surface area contributed by atoms with Crippen LogP contribution in [0.4, 0.5) is 0 Å². The van der Waals surface area contributed by atoms with Crippen LogP contribution in [0.25, 0.3) is 45.0 Å². The lowest BCUT2D eigenvalue weighted by Crippen LogP contribution is -1.98. The van der Waals surface area contributed by atoms with Gasteiger partial charge >= 0.3 is 0 Å². The van der Waals surface area contributed by atoms with Gasteiger partial charge in [-0.25, -0.2) is 19.2 Å². The Morgan fingerprint density at radius 3 is 2.13 bits per heavy atom. The molecular formula is C24H15ClN6. The highest BCUT2D eigenvalue weighted by Crippen LogP contribution is 2.32. The fourth-order valence-electron chi connectivity index (χ4n) is 3.69. The van der Waals surface area contributed by atoms with Gasteiger partial charge in [-0.1, -0.05) is 60.1 Å². The summed E-state index contributed by atoms with van der Waals surface area (Å²) in [5.74, 6) is 0.609. The fraction of sp³-hybridized carbons (Fsp3) is 0. The number of nitrogens with zero attached hydrogens (tertiary/aromatic N) is 6. The van der Waals surface area contributed by atoms with E-state index in [0.717, 1.165) is 33.5 Å². The van der Waals surface area contributed by atoms with Gasteiger partial charge in [-0.05, 0) is 36.4 Å². The molecule has 6 aromatic rings. The maximum atomic E-state index is 6.04. The van der Waals surface area contributed by atoms with E-state index in [0.29, 0.717) is 16.5 Å². The Morgan fingerprint density at radius 2 is 1.39 bits per heavy atom. The lowest BCUT2D eigenvalue weighted by molar-refractivity contribution is 0.885. The van der Waals surface area contributed by atoms with Gasteiger partial charge in [-0.3, -0.25) is 0 Å². The van der Waals surface area contributed by atoms with Gasteiger partial charge in [0.15, 0.2) is 17.1 Å². The number of halogens is 1. The monoisotopic (exact) mass is 422 g/mol. The maximum Gasteiger partial charge on any atom is 0.182 e. The van der Waals surface area contributed by atoms with Gasteiger partial charge in [0.1, 0.15) is 12.0 Å². The third-order valence-corrected chi connectivity index (χ3v) is 5.41. The lowest BCUT2D eigenvalue weighted by atomic mass is 10.1. The summed E-state index contributed by atoms with van der Waals surface area (Å²) >= 11 is 6.04. The fourth-order valence-corrected chi connectivity index (χ4v) is 3.81. The molecule has 7 heteroatoms. The molecule has 0 unspecified atom stereocenters. The number of fused-ring (bicyclic) bond motifs is 3. The Kier molecular flexibility index (Phi) is 4.04. The van der Waals surface area contributed by atoms with Crippen LogP contribution in [0.5, 0.6) is 0 Å². The molecule has 3 aromatic heterocycles. The van der Waals surface area contributed by atoms with Gasteiger partial charge < -0.3 is 0 Å². The molecule has 0 N–H and O–H groups in total. The first kappa shape index (κ1) is 17.8. The van der Waals surface area contributed by atoms with Crippen LogP contribution in [0.2, 0.25) is 5.02 Å². The third kappa shape index (κ3) is 2.96. The van der Waals surface area contributed by atoms with Crippen molar-refractivity contribution >= 4 is 28.3 Å². The predicted molar refractivity (Wildman–Crippen MR) is 121 cm³/mol. The molecule has 3 aromatic carbocycles. The smallest absolute Gasteiger partial charge is 0.182 e. The number of aromatic nitrogens is 6. The van der Waals surface area contributed by atoms with Crippen LogP contribution in [0.3, 0.4) is 0 Å². The van der Waals surface area contributed by atoms with Crippen LogP contribution in [0.1, 0.15) is 0 Å². The average molecular weight is 423 g/mol. The highest BCUT2D eigenvalue weighted by molar-refractivity contribution is 6.30. The zero-order valence-electron chi connectivity index (χ0n) is 16.2. The molecule has 6 nitrogen and oxygen atoms in total. The molecule has 0 aliphatic carbocycles.